The fourth-order valence-electron chi connectivity index (χ4n) is 16.0. The lowest BCUT2D eigenvalue weighted by Crippen LogP contribution is -2.24. The van der Waals surface area contributed by atoms with E-state index in [2.05, 4.69) is 441 Å². The molecule has 804 valence electrons. The maximum absolute atomic E-state index is 4.24. The molecule has 0 aromatic heterocycles. The Labute approximate surface area is 866 Å². The zero-order valence-electron chi connectivity index (χ0n) is 102. The molecule has 0 spiro atoms. The lowest BCUT2D eigenvalue weighted by molar-refractivity contribution is 0.204. The third-order valence-corrected chi connectivity index (χ3v) is 25.0. The van der Waals surface area contributed by atoms with Gasteiger partial charge in [0.1, 0.15) is 0 Å². The van der Waals surface area contributed by atoms with E-state index < -0.39 is 0 Å². The Hall–Kier alpha value is -4.16. The predicted molar refractivity (Wildman–Crippen MR) is 646 cm³/mol. The van der Waals surface area contributed by atoms with Crippen LogP contribution in [0.4, 0.5) is 0 Å². The predicted octanol–water partition coefficient (Wildman–Crippen LogP) is 49.0. The molecule has 0 amide bonds. The minimum absolute atomic E-state index is 0.679. The van der Waals surface area contributed by atoms with E-state index in [-0.39, 0.29) is 0 Å². The molecule has 0 aromatic carbocycles. The highest BCUT2D eigenvalue weighted by molar-refractivity contribution is 5.11. The van der Waals surface area contributed by atoms with Crippen molar-refractivity contribution in [2.45, 2.75) is 561 Å². The van der Waals surface area contributed by atoms with Crippen molar-refractivity contribution < 1.29 is 0 Å². The number of allylic oxidation sites excluding steroid dienone is 26. The molecular formula is C136H260. The summed E-state index contributed by atoms with van der Waals surface area (Å²) in [6.45, 7) is 122. The van der Waals surface area contributed by atoms with Crippen LogP contribution in [0.25, 0.3) is 0 Å². The Morgan fingerprint density at radius 2 is 0.765 bits per heavy atom. The van der Waals surface area contributed by atoms with Gasteiger partial charge in [0.25, 0.3) is 0 Å². The molecular weight excluding hydrogens is 1630 g/mol. The van der Waals surface area contributed by atoms with Crippen molar-refractivity contribution in [2.75, 3.05) is 0 Å². The average Bonchev–Trinajstić information content (AvgIpc) is 1.66. The Bertz CT molecular complexity index is 2910. The van der Waals surface area contributed by atoms with E-state index >= 15 is 0 Å². The maximum atomic E-state index is 4.24. The van der Waals surface area contributed by atoms with Crippen LogP contribution in [-0.4, -0.2) is 0 Å². The Morgan fingerprint density at radius 1 is 0.338 bits per heavy atom. The van der Waals surface area contributed by atoms with Crippen LogP contribution in [0.2, 0.25) is 0 Å². The monoisotopic (exact) mass is 1890 g/mol. The first-order chi connectivity index (χ1) is 63.5. The van der Waals surface area contributed by atoms with Gasteiger partial charge in [-0.15, -0.1) is 32.9 Å². The average molecular weight is 1900 g/mol. The Kier molecular flexibility index (Phi) is 123. The molecule has 0 heterocycles. The molecule has 0 bridgehead atoms. The first kappa shape index (κ1) is 152. The minimum Gasteiger partial charge on any atom is -0.103 e. The zero-order valence-corrected chi connectivity index (χ0v) is 102. The standard InChI is InChI=1S/2C15H26.C13H22.C12H24.C11H22.2C10H20.3C9H18.2C8H16.C7H14/c1-11(2)4-6-13-7-9-15-12(3)5-8-14(15)10-13;1-14(2)12-10-8-6-5-7-9-11-13-15(3)4;1-5-11-7-8-13(10(3)4)9-12(11)6-2;1-5-8-12(4)10-7-6-9-11(2)3;1-9(2)7-6-8-11(5)10(3)4;1-9(2)7-5-6-8-10(3)4;1-5-6-10(4)8-7-9(2)3;1-8(2)6-5-7-9(3)4;1-5-6-9(4)7-8(2)3;1-4-5-6-7-8-9(2)3;1-7(2)5-6-8(3)4;1-4-5-6-7-8(2)3;1-6(2)5-7(3)4/h11,13-15H,3-10H2,1-2H3;6,8-9,11,13-14H,5,7,10,12H2,1-4H3;5-6,10-13H,1-2,7-9H2,3-4H3;8,11H,5-7,9-10H2,1-4H3;7,10-11H,6,8H2,1-5H3;10H,1,5-8H2,2-4H3;6,9H,5,7-8H2,1-4H3;9H,1,5-7H2,2-4H3;6,8H,5,7H2,1-4H3;4-5,9H,6-8H2,1-3H3;5,8H,6H2,1-4H3;4-5,8H,6-7H2,1-3H3;7H,1,5H2,2-4H3/b;8-6+,11-9+;;12-8+;;;10-6+;;9-6+;5-4+;;5-4+;. The summed E-state index contributed by atoms with van der Waals surface area (Å²) >= 11 is 0. The van der Waals surface area contributed by atoms with Crippen LogP contribution in [0.3, 0.4) is 0 Å². The Morgan fingerprint density at radius 3 is 1.16 bits per heavy atom. The quantitative estimate of drug-likeness (QED) is 0.0324. The molecule has 136 heavy (non-hydrogen) atoms. The van der Waals surface area contributed by atoms with Gasteiger partial charge in [-0.25, -0.2) is 0 Å². The molecule has 3 rings (SSSR count). The molecule has 3 saturated carbocycles. The number of unbranched alkanes of at least 4 members (excludes halogenated alkanes) is 4. The molecule has 0 N–H and O–H groups in total. The van der Waals surface area contributed by atoms with Gasteiger partial charge in [0.2, 0.25) is 0 Å². The smallest absolute Gasteiger partial charge is 0.0171 e. The van der Waals surface area contributed by atoms with E-state index in [0.29, 0.717) is 11.8 Å². The first-order valence-corrected chi connectivity index (χ1v) is 57.8. The molecule has 0 aromatic rings. The van der Waals surface area contributed by atoms with Crippen LogP contribution in [0, 0.1) is 118 Å². The molecule has 7 unspecified atom stereocenters. The molecule has 7 atom stereocenters. The van der Waals surface area contributed by atoms with Crippen LogP contribution < -0.4 is 0 Å². The van der Waals surface area contributed by atoms with Gasteiger partial charge >= 0.3 is 0 Å². The van der Waals surface area contributed by atoms with Crippen molar-refractivity contribution in [2.24, 2.45) is 118 Å². The van der Waals surface area contributed by atoms with Gasteiger partial charge in [-0.1, -0.05) is 419 Å². The summed E-state index contributed by atoms with van der Waals surface area (Å²) in [5.74, 6) is 17.0. The highest BCUT2D eigenvalue weighted by atomic mass is 14.4. The molecule has 0 heteroatoms. The molecule has 0 nitrogen and oxygen atoms in total. The van der Waals surface area contributed by atoms with Crippen molar-refractivity contribution in [1.29, 1.82) is 0 Å². The summed E-state index contributed by atoms with van der Waals surface area (Å²) < 4.78 is 0. The van der Waals surface area contributed by atoms with Crippen molar-refractivity contribution in [3.05, 3.63) is 192 Å². The van der Waals surface area contributed by atoms with E-state index in [1.54, 1.807) is 16.7 Å². The molecule has 3 aliphatic carbocycles. The number of rotatable bonds is 50. The fraction of sp³-hybridized carbons (Fsp3) is 0.765. The lowest BCUT2D eigenvalue weighted by Gasteiger charge is -2.34. The third-order valence-electron chi connectivity index (χ3n) is 25.0. The molecule has 0 saturated heterocycles. The largest absolute Gasteiger partial charge is 0.103 e. The van der Waals surface area contributed by atoms with E-state index in [4.69, 9.17) is 0 Å². The summed E-state index contributed by atoms with van der Waals surface area (Å²) in [6, 6.07) is 0. The van der Waals surface area contributed by atoms with Crippen LogP contribution in [0.15, 0.2) is 192 Å². The fourth-order valence-corrected chi connectivity index (χ4v) is 16.0. The van der Waals surface area contributed by atoms with Gasteiger partial charge in [-0.3, -0.25) is 0 Å². The van der Waals surface area contributed by atoms with Gasteiger partial charge < -0.3 is 0 Å². The SMILES string of the molecule is C/C=C/CCC(C)C.C/C=C/CCCC(C)C.C=C(C)CC(C)C.C=C(C)CCCC(C)C.C=C(C)CCCCC(C)C.C=C1CCC2CC(CCC(C)C)CCC12.C=CC1CCC(C(C)C)CC1C=C.CC(C)=C/C=C/CC/C=C/CCC(C)C.CC(C)=CCC(C)C.CC(C)=CCCC(C)C(C)C.CC/C=C(\C)CC(C)C.CC/C=C(\C)CCC(C)C.CC/C=C(\C)CCCCC(C)C. The first-order valence-electron chi connectivity index (χ1n) is 57.8. The highest BCUT2D eigenvalue weighted by Gasteiger charge is 2.36. The summed E-state index contributed by atoms with van der Waals surface area (Å²) in [6.07, 6.45) is 88.2. The second-order valence-corrected chi connectivity index (χ2v) is 47.9. The van der Waals surface area contributed by atoms with Gasteiger partial charge in [0.15, 0.2) is 0 Å². The normalized spacial score (nSPS) is 16.5. The summed E-state index contributed by atoms with van der Waals surface area (Å²) in [5, 5.41) is 0. The maximum Gasteiger partial charge on any atom is -0.0171 e. The minimum atomic E-state index is 0.679. The van der Waals surface area contributed by atoms with Gasteiger partial charge in [-0.2, -0.15) is 0 Å². The van der Waals surface area contributed by atoms with Crippen molar-refractivity contribution in [1.82, 2.24) is 0 Å². The third kappa shape index (κ3) is 141. The Balaban J connectivity index is -0.000000159. The number of hydrogen-bond acceptors (Lipinski definition) is 0. The van der Waals surface area contributed by atoms with Crippen molar-refractivity contribution >= 4 is 0 Å². The summed E-state index contributed by atoms with van der Waals surface area (Å²) in [4.78, 5) is 0. The van der Waals surface area contributed by atoms with Gasteiger partial charge in [0.05, 0.1) is 0 Å². The van der Waals surface area contributed by atoms with E-state index in [1.165, 1.54) is 289 Å². The van der Waals surface area contributed by atoms with Crippen LogP contribution in [0.5, 0.6) is 0 Å². The van der Waals surface area contributed by atoms with E-state index in [0.717, 1.165) is 113 Å². The summed E-state index contributed by atoms with van der Waals surface area (Å²) in [5.41, 5.74) is 14.4. The van der Waals surface area contributed by atoms with E-state index in [9.17, 15) is 0 Å². The van der Waals surface area contributed by atoms with Crippen LogP contribution in [-0.2, 0) is 0 Å². The molecule has 0 radical (unpaired) electrons. The van der Waals surface area contributed by atoms with Crippen molar-refractivity contribution in [3.8, 4) is 0 Å². The zero-order chi connectivity index (χ0) is 107. The lowest BCUT2D eigenvalue weighted by atomic mass is 9.71. The van der Waals surface area contributed by atoms with Crippen LogP contribution >= 0.6 is 0 Å². The second-order valence-electron chi connectivity index (χ2n) is 47.9. The van der Waals surface area contributed by atoms with Gasteiger partial charge in [-0.05, 0) is 421 Å². The molecule has 3 aliphatic rings. The molecule has 0 aliphatic heterocycles. The van der Waals surface area contributed by atoms with E-state index in [1.807, 2.05) is 0 Å². The molecule has 3 fully saturated rings. The second kappa shape index (κ2) is 110. The van der Waals surface area contributed by atoms with Gasteiger partial charge in [0, 0.05) is 0 Å². The topological polar surface area (TPSA) is 0 Å². The van der Waals surface area contributed by atoms with Crippen molar-refractivity contribution in [3.63, 3.8) is 0 Å². The summed E-state index contributed by atoms with van der Waals surface area (Å²) in [7, 11) is 0. The highest BCUT2D eigenvalue weighted by Crippen LogP contribution is 2.48. The number of fused-ring (bicyclic) bond motifs is 1. The number of hydrogen-bond donors (Lipinski definition) is 0. The van der Waals surface area contributed by atoms with Crippen LogP contribution in [0.1, 0.15) is 561 Å².